The summed E-state index contributed by atoms with van der Waals surface area (Å²) in [5.41, 5.74) is 1.81. The minimum Gasteiger partial charge on any atom is -0.385 e. The van der Waals surface area contributed by atoms with Crippen molar-refractivity contribution >= 4 is 33.0 Å². The molecule has 2 aromatic heterocycles. The van der Waals surface area contributed by atoms with Crippen LogP contribution in [0.5, 0.6) is 0 Å². The van der Waals surface area contributed by atoms with E-state index in [0.29, 0.717) is 49.0 Å². The van der Waals surface area contributed by atoms with Gasteiger partial charge in [-0.3, -0.25) is 9.48 Å². The van der Waals surface area contributed by atoms with Crippen molar-refractivity contribution in [3.05, 3.63) is 57.7 Å². The summed E-state index contributed by atoms with van der Waals surface area (Å²) >= 11 is 6.24. The molecule has 1 N–H and O–H groups in total. The van der Waals surface area contributed by atoms with E-state index in [4.69, 9.17) is 16.3 Å². The fraction of sp³-hybridized carbons (Fsp3) is 0.435. The van der Waals surface area contributed by atoms with E-state index in [2.05, 4.69) is 15.5 Å². The van der Waals surface area contributed by atoms with Crippen LogP contribution in [0, 0.1) is 6.92 Å². The lowest BCUT2D eigenvalue weighted by Crippen LogP contribution is -2.49. The average molecular weight is 536 g/mol. The smallest absolute Gasteiger partial charge is 0.296 e. The molecule has 36 heavy (non-hydrogen) atoms. The summed E-state index contributed by atoms with van der Waals surface area (Å²) in [7, 11) is -0.567. The molecule has 0 atom stereocenters. The van der Waals surface area contributed by atoms with Crippen molar-refractivity contribution in [2.75, 3.05) is 56.7 Å². The molecular weight excluding hydrogens is 506 g/mol. The maximum absolute atomic E-state index is 13.4. The molecule has 4 rings (SSSR count). The highest BCUT2D eigenvalue weighted by atomic mass is 35.5. The minimum atomic E-state index is -3.81. The quantitative estimate of drug-likeness (QED) is 0.413. The topological polar surface area (TPSA) is 115 Å². The number of para-hydroxylation sites is 1. The molecule has 0 amide bonds. The molecule has 11 nitrogen and oxygen atoms in total. The molecule has 1 aromatic carbocycles. The van der Waals surface area contributed by atoms with E-state index in [1.807, 2.05) is 35.2 Å². The molecule has 13 heteroatoms. The maximum atomic E-state index is 13.4. The van der Waals surface area contributed by atoms with Gasteiger partial charge in [0.1, 0.15) is 15.7 Å². The lowest BCUT2D eigenvalue weighted by Gasteiger charge is -2.36. The van der Waals surface area contributed by atoms with Gasteiger partial charge in [0.15, 0.2) is 0 Å². The molecule has 1 saturated heterocycles. The van der Waals surface area contributed by atoms with E-state index < -0.39 is 10.0 Å². The monoisotopic (exact) mass is 535 g/mol. The van der Waals surface area contributed by atoms with E-state index in [0.717, 1.165) is 6.42 Å². The third-order valence-corrected chi connectivity index (χ3v) is 8.66. The zero-order valence-corrected chi connectivity index (χ0v) is 22.1. The Balaban J connectivity index is 1.59. The number of benzene rings is 1. The Bertz CT molecular complexity index is 1370. The molecule has 0 radical (unpaired) electrons. The summed E-state index contributed by atoms with van der Waals surface area (Å²) in [4.78, 5) is 15.4. The zero-order valence-electron chi connectivity index (χ0n) is 20.5. The number of methoxy groups -OCH3 is 1. The Kier molecular flexibility index (Phi) is 7.98. The standard InChI is InChI=1S/C23H30ClN7O4S/c1-17-21(22(24)28(2)27-17)36(33,34)30-13-11-29(12-14-30)19-16-26-31(18-8-5-4-6-9-18)23(32)20(19)25-10-7-15-35-3/h4-6,8-9,16,25H,7,10-15H2,1-3H3. The largest absolute Gasteiger partial charge is 0.385 e. The van der Waals surface area contributed by atoms with E-state index >= 15 is 0 Å². The SMILES string of the molecule is COCCCNc1c(N2CCN(S(=O)(=O)c3c(C)nn(C)c3Cl)CC2)cnn(-c2ccccc2)c1=O. The number of anilines is 2. The third kappa shape index (κ3) is 5.12. The number of sulfonamides is 1. The molecule has 0 bridgehead atoms. The van der Waals surface area contributed by atoms with Crippen LogP contribution in [0.3, 0.4) is 0 Å². The van der Waals surface area contributed by atoms with Crippen LogP contribution in [-0.2, 0) is 21.8 Å². The minimum absolute atomic E-state index is 0.0349. The molecule has 194 valence electrons. The predicted molar refractivity (Wildman–Crippen MR) is 139 cm³/mol. The van der Waals surface area contributed by atoms with E-state index in [9.17, 15) is 13.2 Å². The number of nitrogens with one attached hydrogen (secondary N) is 1. The molecule has 0 spiro atoms. The van der Waals surface area contributed by atoms with Crippen LogP contribution in [0.4, 0.5) is 11.4 Å². The van der Waals surface area contributed by atoms with Crippen LogP contribution >= 0.6 is 11.6 Å². The molecule has 3 aromatic rings. The van der Waals surface area contributed by atoms with Crippen molar-refractivity contribution in [2.45, 2.75) is 18.2 Å². The van der Waals surface area contributed by atoms with Crippen molar-refractivity contribution in [3.63, 3.8) is 0 Å². The van der Waals surface area contributed by atoms with Gasteiger partial charge in [0.25, 0.3) is 5.56 Å². The first kappa shape index (κ1) is 26.1. The van der Waals surface area contributed by atoms with Gasteiger partial charge >= 0.3 is 0 Å². The Labute approximate surface area is 215 Å². The van der Waals surface area contributed by atoms with Crippen molar-refractivity contribution in [1.82, 2.24) is 23.9 Å². The van der Waals surface area contributed by atoms with Gasteiger partial charge in [0, 0.05) is 53.5 Å². The Morgan fingerprint density at radius 1 is 1.14 bits per heavy atom. The molecule has 1 aliphatic heterocycles. The summed E-state index contributed by atoms with van der Waals surface area (Å²) < 4.78 is 35.8. The van der Waals surface area contributed by atoms with Crippen LogP contribution in [-0.4, -0.2) is 78.7 Å². The van der Waals surface area contributed by atoms with Gasteiger partial charge in [0.05, 0.1) is 23.3 Å². The first-order valence-electron chi connectivity index (χ1n) is 11.6. The number of nitrogens with zero attached hydrogens (tertiary/aromatic N) is 6. The molecular formula is C23H30ClN7O4S. The lowest BCUT2D eigenvalue weighted by molar-refractivity contribution is 0.198. The van der Waals surface area contributed by atoms with E-state index in [1.165, 1.54) is 13.7 Å². The van der Waals surface area contributed by atoms with Crippen LogP contribution in [0.25, 0.3) is 5.69 Å². The second-order valence-electron chi connectivity index (χ2n) is 8.45. The molecule has 1 aliphatic rings. The first-order valence-corrected chi connectivity index (χ1v) is 13.4. The van der Waals surface area contributed by atoms with Gasteiger partial charge < -0.3 is 15.0 Å². The second kappa shape index (κ2) is 11.0. The number of rotatable bonds is 9. The molecule has 0 saturated carbocycles. The van der Waals surface area contributed by atoms with E-state index in [-0.39, 0.29) is 28.7 Å². The second-order valence-corrected chi connectivity index (χ2v) is 10.7. The Hall–Kier alpha value is -2.93. The van der Waals surface area contributed by atoms with Crippen LogP contribution in [0.2, 0.25) is 5.15 Å². The van der Waals surface area contributed by atoms with Crippen molar-refractivity contribution in [2.24, 2.45) is 7.05 Å². The van der Waals surface area contributed by atoms with Gasteiger partial charge in [0.2, 0.25) is 10.0 Å². The molecule has 1 fully saturated rings. The maximum Gasteiger partial charge on any atom is 0.296 e. The molecule has 0 unspecified atom stereocenters. The highest BCUT2D eigenvalue weighted by Gasteiger charge is 2.34. The lowest BCUT2D eigenvalue weighted by atomic mass is 10.2. The van der Waals surface area contributed by atoms with Gasteiger partial charge in [-0.1, -0.05) is 29.8 Å². The highest BCUT2D eigenvalue weighted by molar-refractivity contribution is 7.89. The molecule has 0 aliphatic carbocycles. The van der Waals surface area contributed by atoms with E-state index in [1.54, 1.807) is 27.3 Å². The van der Waals surface area contributed by atoms with Crippen molar-refractivity contribution in [3.8, 4) is 5.69 Å². The van der Waals surface area contributed by atoms with Gasteiger partial charge in [-0.15, -0.1) is 0 Å². The number of hydrogen-bond donors (Lipinski definition) is 1. The number of aromatic nitrogens is 4. The fourth-order valence-corrected chi connectivity index (χ4v) is 6.36. The third-order valence-electron chi connectivity index (χ3n) is 6.06. The van der Waals surface area contributed by atoms with Crippen molar-refractivity contribution < 1.29 is 13.2 Å². The number of halogens is 1. The van der Waals surface area contributed by atoms with Crippen LogP contribution in [0.1, 0.15) is 12.1 Å². The summed E-state index contributed by atoms with van der Waals surface area (Å²) in [6, 6.07) is 9.20. The first-order chi connectivity index (χ1) is 17.3. The number of ether oxygens (including phenoxy) is 1. The fourth-order valence-electron chi connectivity index (χ4n) is 4.24. The normalized spacial score (nSPS) is 14.8. The highest BCUT2D eigenvalue weighted by Crippen LogP contribution is 2.29. The zero-order chi connectivity index (χ0) is 25.9. The summed E-state index contributed by atoms with van der Waals surface area (Å²) in [6.45, 7) is 3.98. The van der Waals surface area contributed by atoms with Crippen LogP contribution in [0.15, 0.2) is 46.2 Å². The van der Waals surface area contributed by atoms with Crippen LogP contribution < -0.4 is 15.8 Å². The Morgan fingerprint density at radius 2 is 1.83 bits per heavy atom. The van der Waals surface area contributed by atoms with Crippen molar-refractivity contribution in [1.29, 1.82) is 0 Å². The van der Waals surface area contributed by atoms with Gasteiger partial charge in [-0.2, -0.15) is 19.2 Å². The average Bonchev–Trinajstić information content (AvgIpc) is 3.14. The summed E-state index contributed by atoms with van der Waals surface area (Å²) in [5, 5.41) is 11.9. The molecule has 3 heterocycles. The number of aryl methyl sites for hydroxylation is 2. The summed E-state index contributed by atoms with van der Waals surface area (Å²) in [5.74, 6) is 0. The number of piperazine rings is 1. The van der Waals surface area contributed by atoms with Gasteiger partial charge in [-0.25, -0.2) is 8.42 Å². The summed E-state index contributed by atoms with van der Waals surface area (Å²) in [6.07, 6.45) is 2.37. The van der Waals surface area contributed by atoms with Gasteiger partial charge in [-0.05, 0) is 25.5 Å². The Morgan fingerprint density at radius 3 is 2.44 bits per heavy atom. The number of hydrogen-bond acceptors (Lipinski definition) is 8. The predicted octanol–water partition coefficient (Wildman–Crippen LogP) is 1.89.